The first kappa shape index (κ1) is 22.6. The minimum Gasteiger partial charge on any atom is -0.376 e. The number of guanidine groups is 1. The Morgan fingerprint density at radius 1 is 1.29 bits per heavy atom. The fraction of sp³-hybridized carbons (Fsp3) is 0.550. The molecule has 1 aliphatic rings. The fourth-order valence-electron chi connectivity index (χ4n) is 3.08. The summed E-state index contributed by atoms with van der Waals surface area (Å²) in [5, 5.41) is 15.2. The van der Waals surface area contributed by atoms with Gasteiger partial charge >= 0.3 is 0 Å². The summed E-state index contributed by atoms with van der Waals surface area (Å²) in [7, 11) is 1.96. The number of benzene rings is 1. The maximum Gasteiger partial charge on any atom is 0.191 e. The van der Waals surface area contributed by atoms with Gasteiger partial charge in [0.25, 0.3) is 0 Å². The van der Waals surface area contributed by atoms with E-state index in [9.17, 15) is 0 Å². The molecule has 8 heteroatoms. The molecular formula is C20H31IN6O. The molecule has 1 saturated heterocycles. The predicted molar refractivity (Wildman–Crippen MR) is 122 cm³/mol. The van der Waals surface area contributed by atoms with Gasteiger partial charge in [-0.2, -0.15) is 0 Å². The van der Waals surface area contributed by atoms with Crippen LogP contribution < -0.4 is 10.6 Å². The summed E-state index contributed by atoms with van der Waals surface area (Å²) in [4.78, 5) is 4.71. The summed E-state index contributed by atoms with van der Waals surface area (Å²) in [6, 6.07) is 10.5. The topological polar surface area (TPSA) is 76.4 Å². The highest BCUT2D eigenvalue weighted by molar-refractivity contribution is 14.0. The van der Waals surface area contributed by atoms with E-state index in [1.54, 1.807) is 0 Å². The summed E-state index contributed by atoms with van der Waals surface area (Å²) in [5.74, 6) is 2.91. The van der Waals surface area contributed by atoms with Crippen LogP contribution in [0.5, 0.6) is 0 Å². The monoisotopic (exact) mass is 498 g/mol. The zero-order valence-corrected chi connectivity index (χ0v) is 19.2. The Hall–Kier alpha value is -1.68. The summed E-state index contributed by atoms with van der Waals surface area (Å²) >= 11 is 0. The molecule has 154 valence electrons. The van der Waals surface area contributed by atoms with Gasteiger partial charge in [-0.1, -0.05) is 37.3 Å². The van der Waals surface area contributed by atoms with Crippen molar-refractivity contribution in [1.29, 1.82) is 0 Å². The van der Waals surface area contributed by atoms with E-state index in [1.807, 2.05) is 24.6 Å². The summed E-state index contributed by atoms with van der Waals surface area (Å²) in [6.07, 6.45) is 2.50. The van der Waals surface area contributed by atoms with E-state index in [0.717, 1.165) is 50.1 Å². The number of hydrogen-bond donors (Lipinski definition) is 2. The van der Waals surface area contributed by atoms with Crippen LogP contribution in [0.15, 0.2) is 35.3 Å². The molecule has 2 aromatic rings. The second kappa shape index (κ2) is 11.4. The van der Waals surface area contributed by atoms with Crippen LogP contribution in [0.2, 0.25) is 0 Å². The van der Waals surface area contributed by atoms with E-state index in [0.29, 0.717) is 12.5 Å². The van der Waals surface area contributed by atoms with E-state index in [-0.39, 0.29) is 30.1 Å². The van der Waals surface area contributed by atoms with Crippen LogP contribution in [-0.2, 0) is 18.3 Å². The number of nitrogens with zero attached hydrogens (tertiary/aromatic N) is 4. The molecule has 0 aliphatic carbocycles. The second-order valence-corrected chi connectivity index (χ2v) is 7.10. The van der Waals surface area contributed by atoms with Crippen LogP contribution in [0.25, 0.3) is 0 Å². The van der Waals surface area contributed by atoms with Crippen LogP contribution in [0, 0.1) is 6.92 Å². The molecule has 1 aromatic heterocycles. The van der Waals surface area contributed by atoms with E-state index in [4.69, 9.17) is 9.73 Å². The van der Waals surface area contributed by atoms with Crippen molar-refractivity contribution in [3.05, 3.63) is 47.5 Å². The average molecular weight is 498 g/mol. The molecule has 2 N–H and O–H groups in total. The van der Waals surface area contributed by atoms with Gasteiger partial charge in [0.1, 0.15) is 12.4 Å². The van der Waals surface area contributed by atoms with Gasteiger partial charge < -0.3 is 19.9 Å². The van der Waals surface area contributed by atoms with Gasteiger partial charge in [-0.15, -0.1) is 34.2 Å². The molecule has 0 radical (unpaired) electrons. The molecule has 3 rings (SSSR count). The molecule has 1 aliphatic heterocycles. The van der Waals surface area contributed by atoms with Gasteiger partial charge in [0, 0.05) is 26.7 Å². The lowest BCUT2D eigenvalue weighted by atomic mass is 10.0. The number of aliphatic imine (C=N–C) groups is 1. The molecule has 7 nitrogen and oxygen atoms in total. The van der Waals surface area contributed by atoms with Crippen molar-refractivity contribution in [1.82, 2.24) is 25.4 Å². The van der Waals surface area contributed by atoms with E-state index >= 15 is 0 Å². The Morgan fingerprint density at radius 3 is 2.71 bits per heavy atom. The number of aromatic nitrogens is 3. The highest BCUT2D eigenvalue weighted by atomic mass is 127. The van der Waals surface area contributed by atoms with Crippen molar-refractivity contribution in [3.8, 4) is 0 Å². The van der Waals surface area contributed by atoms with Gasteiger partial charge in [0.15, 0.2) is 11.8 Å². The Balaban J connectivity index is 0.00000280. The molecule has 0 amide bonds. The van der Waals surface area contributed by atoms with E-state index in [2.05, 4.69) is 52.0 Å². The molecule has 0 spiro atoms. The summed E-state index contributed by atoms with van der Waals surface area (Å²) in [5.41, 5.74) is 1.31. The molecule has 2 atom stereocenters. The van der Waals surface area contributed by atoms with Crippen LogP contribution in [-0.4, -0.2) is 46.5 Å². The molecule has 0 bridgehead atoms. The molecule has 1 aromatic carbocycles. The first-order chi connectivity index (χ1) is 13.1. The van der Waals surface area contributed by atoms with Gasteiger partial charge in [-0.3, -0.25) is 0 Å². The minimum atomic E-state index is 0. The standard InChI is InChI=1S/C20H30N6O.HI/c1-15(17-8-5-4-6-9-17)12-21-20(22-13-18-10-7-11-27-18)23-14-19-25-24-16(2)26(19)3;/h4-6,8-9,15,18H,7,10-14H2,1-3H3,(H2,21,22,23);1H. The Labute approximate surface area is 184 Å². The summed E-state index contributed by atoms with van der Waals surface area (Å²) < 4.78 is 7.68. The maximum atomic E-state index is 5.71. The number of rotatable bonds is 7. The van der Waals surface area contributed by atoms with E-state index < -0.39 is 0 Å². The van der Waals surface area contributed by atoms with Crippen LogP contribution in [0.3, 0.4) is 0 Å². The number of halogens is 1. The van der Waals surface area contributed by atoms with Crippen molar-refractivity contribution < 1.29 is 4.74 Å². The normalized spacial score (nSPS) is 17.8. The SMILES string of the molecule is Cc1nnc(CN=C(NCC2CCCO2)NCC(C)c2ccccc2)n1C.I. The average Bonchev–Trinajstić information content (AvgIpc) is 3.33. The smallest absolute Gasteiger partial charge is 0.191 e. The Kier molecular flexibility index (Phi) is 9.17. The fourth-order valence-corrected chi connectivity index (χ4v) is 3.08. The first-order valence-corrected chi connectivity index (χ1v) is 9.67. The van der Waals surface area contributed by atoms with Crippen LogP contribution in [0.4, 0.5) is 0 Å². The van der Waals surface area contributed by atoms with Gasteiger partial charge in [-0.25, -0.2) is 4.99 Å². The largest absolute Gasteiger partial charge is 0.376 e. The molecule has 2 heterocycles. The summed E-state index contributed by atoms with van der Waals surface area (Å²) in [6.45, 7) is 7.07. The third kappa shape index (κ3) is 6.44. The highest BCUT2D eigenvalue weighted by Crippen LogP contribution is 2.13. The Morgan fingerprint density at radius 2 is 2.07 bits per heavy atom. The molecule has 1 fully saturated rings. The zero-order chi connectivity index (χ0) is 19.1. The molecular weight excluding hydrogens is 467 g/mol. The van der Waals surface area contributed by atoms with Gasteiger partial charge in [0.2, 0.25) is 0 Å². The number of hydrogen-bond acceptors (Lipinski definition) is 4. The quantitative estimate of drug-likeness (QED) is 0.349. The predicted octanol–water partition coefficient (Wildman–Crippen LogP) is 2.76. The lowest BCUT2D eigenvalue weighted by molar-refractivity contribution is 0.114. The second-order valence-electron chi connectivity index (χ2n) is 7.10. The van der Waals surface area contributed by atoms with Crippen molar-refractivity contribution in [2.45, 2.75) is 45.3 Å². The minimum absolute atomic E-state index is 0. The number of nitrogens with one attached hydrogen (secondary N) is 2. The Bertz CT molecular complexity index is 742. The molecule has 2 unspecified atom stereocenters. The maximum absolute atomic E-state index is 5.71. The molecule has 28 heavy (non-hydrogen) atoms. The number of aryl methyl sites for hydroxylation is 1. The van der Waals surface area contributed by atoms with Crippen LogP contribution in [0.1, 0.15) is 42.9 Å². The zero-order valence-electron chi connectivity index (χ0n) is 16.9. The lowest BCUT2D eigenvalue weighted by Gasteiger charge is -2.18. The van der Waals surface area contributed by atoms with Crippen molar-refractivity contribution >= 4 is 29.9 Å². The highest BCUT2D eigenvalue weighted by Gasteiger charge is 2.16. The third-order valence-electron chi connectivity index (χ3n) is 5.03. The van der Waals surface area contributed by atoms with E-state index in [1.165, 1.54) is 5.56 Å². The lowest BCUT2D eigenvalue weighted by Crippen LogP contribution is -2.42. The third-order valence-corrected chi connectivity index (χ3v) is 5.03. The first-order valence-electron chi connectivity index (χ1n) is 9.67. The van der Waals surface area contributed by atoms with Crippen LogP contribution >= 0.6 is 24.0 Å². The molecule has 0 saturated carbocycles. The van der Waals surface area contributed by atoms with Gasteiger partial charge in [0.05, 0.1) is 6.10 Å². The van der Waals surface area contributed by atoms with Crippen molar-refractivity contribution in [2.24, 2.45) is 12.0 Å². The van der Waals surface area contributed by atoms with Crippen molar-refractivity contribution in [3.63, 3.8) is 0 Å². The number of ether oxygens (including phenoxy) is 1. The van der Waals surface area contributed by atoms with Crippen molar-refractivity contribution in [2.75, 3.05) is 19.7 Å². The van der Waals surface area contributed by atoms with Gasteiger partial charge in [-0.05, 0) is 31.2 Å².